The van der Waals surface area contributed by atoms with Gasteiger partial charge < -0.3 is 4.57 Å². The van der Waals surface area contributed by atoms with E-state index in [2.05, 4.69) is 4.98 Å². The first-order valence-electron chi connectivity index (χ1n) is 5.38. The van der Waals surface area contributed by atoms with Crippen LogP contribution in [0, 0.1) is 6.92 Å². The highest BCUT2D eigenvalue weighted by Gasteiger charge is 2.43. The van der Waals surface area contributed by atoms with Gasteiger partial charge in [-0.15, -0.1) is 0 Å². The van der Waals surface area contributed by atoms with Gasteiger partial charge in [0.15, 0.2) is 0 Å². The Morgan fingerprint density at radius 2 is 1.55 bits per heavy atom. The molecule has 0 saturated carbocycles. The minimum Gasteiger partial charge on any atom is -0.306 e. The van der Waals surface area contributed by atoms with Crippen LogP contribution in [0.2, 0.25) is 0 Å². The number of hydrogen-bond donors (Lipinski definition) is 0. The number of aromatic nitrogens is 2. The van der Waals surface area contributed by atoms with E-state index in [9.17, 15) is 26.3 Å². The molecule has 0 spiro atoms. The molecule has 0 aliphatic carbocycles. The number of hydrogen-bond acceptors (Lipinski definition) is 1. The molecule has 0 atom stereocenters. The van der Waals surface area contributed by atoms with E-state index in [4.69, 9.17) is 0 Å². The van der Waals surface area contributed by atoms with Crippen LogP contribution in [-0.2, 0) is 12.4 Å². The number of rotatable bonds is 1. The summed E-state index contributed by atoms with van der Waals surface area (Å²) in [6.45, 7) is 1.62. The third-order valence-electron chi connectivity index (χ3n) is 2.62. The van der Waals surface area contributed by atoms with Crippen LogP contribution in [0.4, 0.5) is 26.3 Å². The van der Waals surface area contributed by atoms with Crippen LogP contribution in [0.25, 0.3) is 5.69 Å². The minimum atomic E-state index is -5.09. The van der Waals surface area contributed by atoms with E-state index in [0.717, 1.165) is 6.07 Å². The van der Waals surface area contributed by atoms with Gasteiger partial charge in [0.1, 0.15) is 0 Å². The van der Waals surface area contributed by atoms with Crippen molar-refractivity contribution >= 4 is 0 Å². The van der Waals surface area contributed by atoms with Crippen LogP contribution in [0.3, 0.4) is 0 Å². The predicted molar refractivity (Wildman–Crippen MR) is 58.3 cm³/mol. The first kappa shape index (κ1) is 14.4. The van der Waals surface area contributed by atoms with Crippen molar-refractivity contribution in [1.29, 1.82) is 0 Å². The number of alkyl halides is 6. The first-order valence-corrected chi connectivity index (χ1v) is 5.38. The lowest BCUT2D eigenvalue weighted by atomic mass is 10.1. The molecule has 1 aromatic heterocycles. The van der Waals surface area contributed by atoms with Gasteiger partial charge in [-0.3, -0.25) is 0 Å². The topological polar surface area (TPSA) is 17.8 Å². The molecule has 0 aliphatic heterocycles. The highest BCUT2D eigenvalue weighted by atomic mass is 19.4. The largest absolute Gasteiger partial charge is 0.417 e. The highest BCUT2D eigenvalue weighted by Crippen LogP contribution is 2.41. The number of imidazole rings is 1. The molecule has 2 rings (SSSR count). The Morgan fingerprint density at radius 1 is 0.950 bits per heavy atom. The Bertz CT molecular complexity index is 624. The maximum Gasteiger partial charge on any atom is 0.417 e. The Balaban J connectivity index is 2.61. The van der Waals surface area contributed by atoms with Crippen molar-refractivity contribution in [3.05, 3.63) is 47.5 Å². The summed E-state index contributed by atoms with van der Waals surface area (Å²) in [5, 5.41) is 0. The van der Waals surface area contributed by atoms with E-state index < -0.39 is 23.5 Å². The molecule has 0 unspecified atom stereocenters. The van der Waals surface area contributed by atoms with Gasteiger partial charge in [-0.1, -0.05) is 0 Å². The van der Waals surface area contributed by atoms with Crippen molar-refractivity contribution in [2.24, 2.45) is 0 Å². The minimum absolute atomic E-state index is 0.0362. The summed E-state index contributed by atoms with van der Waals surface area (Å²) in [5.74, 6) is 0. The van der Waals surface area contributed by atoms with Crippen molar-refractivity contribution in [1.82, 2.24) is 9.55 Å². The fraction of sp³-hybridized carbons (Fsp3) is 0.250. The average Bonchev–Trinajstić information content (AvgIpc) is 2.73. The van der Waals surface area contributed by atoms with Gasteiger partial charge in [-0.25, -0.2) is 4.98 Å². The van der Waals surface area contributed by atoms with E-state index in [1.807, 2.05) is 0 Å². The molecule has 0 aliphatic rings. The van der Waals surface area contributed by atoms with Crippen molar-refractivity contribution < 1.29 is 26.3 Å². The quantitative estimate of drug-likeness (QED) is 0.720. The summed E-state index contributed by atoms with van der Waals surface area (Å²) < 4.78 is 77.3. The molecule has 2 nitrogen and oxygen atoms in total. The smallest absolute Gasteiger partial charge is 0.306 e. The summed E-state index contributed by atoms with van der Waals surface area (Å²) >= 11 is 0. The van der Waals surface area contributed by atoms with Crippen LogP contribution in [0.1, 0.15) is 16.8 Å². The van der Waals surface area contributed by atoms with Gasteiger partial charge in [0.2, 0.25) is 0 Å². The van der Waals surface area contributed by atoms with Gasteiger partial charge in [-0.05, 0) is 25.1 Å². The number of halogens is 6. The third kappa shape index (κ3) is 2.78. The van der Waals surface area contributed by atoms with E-state index >= 15 is 0 Å². The van der Waals surface area contributed by atoms with Gasteiger partial charge in [0.05, 0.1) is 23.1 Å². The molecule has 0 radical (unpaired) electrons. The Labute approximate surface area is 109 Å². The lowest BCUT2D eigenvalue weighted by molar-refractivity contribution is -0.162. The standard InChI is InChI=1S/C12H8F6N2/c1-7-5-20(6-19-7)8-2-3-9(11(13,14)15)10(4-8)12(16,17)18/h2-6H,1H3. The summed E-state index contributed by atoms with van der Waals surface area (Å²) in [6, 6.07) is 1.86. The number of aryl methyl sites for hydroxylation is 1. The van der Waals surface area contributed by atoms with E-state index in [-0.39, 0.29) is 5.69 Å². The van der Waals surface area contributed by atoms with E-state index in [0.29, 0.717) is 17.8 Å². The molecule has 0 bridgehead atoms. The summed E-state index contributed by atoms with van der Waals surface area (Å²) in [4.78, 5) is 3.82. The van der Waals surface area contributed by atoms with E-state index in [1.165, 1.54) is 17.1 Å². The Hall–Kier alpha value is -1.99. The molecule has 108 valence electrons. The first-order chi connectivity index (χ1) is 9.09. The van der Waals surface area contributed by atoms with E-state index in [1.54, 1.807) is 6.92 Å². The monoisotopic (exact) mass is 294 g/mol. The normalized spacial score (nSPS) is 12.8. The molecule has 0 N–H and O–H groups in total. The highest BCUT2D eigenvalue weighted by molar-refractivity contribution is 5.43. The SMILES string of the molecule is Cc1cn(-c2ccc(C(F)(F)F)c(C(F)(F)F)c2)cn1. The van der Waals surface area contributed by atoms with Gasteiger partial charge in [0.25, 0.3) is 0 Å². The Kier molecular flexibility index (Phi) is 3.27. The molecule has 0 amide bonds. The van der Waals surface area contributed by atoms with Gasteiger partial charge in [-0.2, -0.15) is 26.3 Å². The predicted octanol–water partition coefficient (Wildman–Crippen LogP) is 4.22. The third-order valence-corrected chi connectivity index (χ3v) is 2.62. The fourth-order valence-electron chi connectivity index (χ4n) is 1.74. The lowest BCUT2D eigenvalue weighted by Gasteiger charge is -2.16. The van der Waals surface area contributed by atoms with Crippen LogP contribution in [-0.4, -0.2) is 9.55 Å². The molecule has 2 aromatic rings. The molecule has 1 aromatic carbocycles. The van der Waals surface area contributed by atoms with Crippen molar-refractivity contribution in [3.8, 4) is 5.69 Å². The molecule has 0 fully saturated rings. The molecule has 0 saturated heterocycles. The summed E-state index contributed by atoms with van der Waals surface area (Å²) in [6.07, 6.45) is -7.49. The lowest BCUT2D eigenvalue weighted by Crippen LogP contribution is -2.17. The molecule has 8 heteroatoms. The maximum absolute atomic E-state index is 12.8. The van der Waals surface area contributed by atoms with Crippen LogP contribution < -0.4 is 0 Å². The van der Waals surface area contributed by atoms with Crippen LogP contribution in [0.5, 0.6) is 0 Å². The average molecular weight is 294 g/mol. The van der Waals surface area contributed by atoms with Crippen molar-refractivity contribution in [2.75, 3.05) is 0 Å². The second-order valence-corrected chi connectivity index (χ2v) is 4.15. The van der Waals surface area contributed by atoms with Gasteiger partial charge in [0, 0.05) is 11.9 Å². The molecular formula is C12H8F6N2. The molecular weight excluding hydrogens is 286 g/mol. The second-order valence-electron chi connectivity index (χ2n) is 4.15. The maximum atomic E-state index is 12.8. The zero-order valence-corrected chi connectivity index (χ0v) is 10.0. The Morgan fingerprint density at radius 3 is 2.00 bits per heavy atom. The summed E-state index contributed by atoms with van der Waals surface area (Å²) in [7, 11) is 0. The number of nitrogens with zero attached hydrogens (tertiary/aromatic N) is 2. The van der Waals surface area contributed by atoms with Gasteiger partial charge >= 0.3 is 12.4 Å². The zero-order valence-electron chi connectivity index (χ0n) is 10.0. The van der Waals surface area contributed by atoms with Crippen molar-refractivity contribution in [3.63, 3.8) is 0 Å². The fourth-order valence-corrected chi connectivity index (χ4v) is 1.74. The van der Waals surface area contributed by atoms with Crippen LogP contribution in [0.15, 0.2) is 30.7 Å². The number of benzene rings is 1. The second kappa shape index (κ2) is 4.53. The van der Waals surface area contributed by atoms with Crippen molar-refractivity contribution in [2.45, 2.75) is 19.3 Å². The summed E-state index contributed by atoms with van der Waals surface area (Å²) in [5.41, 5.74) is -2.91. The molecule has 1 heterocycles. The zero-order chi connectivity index (χ0) is 15.1. The van der Waals surface area contributed by atoms with Crippen LogP contribution >= 0.6 is 0 Å². The molecule has 20 heavy (non-hydrogen) atoms.